The quantitative estimate of drug-likeness (QED) is 0.859. The summed E-state index contributed by atoms with van der Waals surface area (Å²) in [5.74, 6) is 2.47. The van der Waals surface area contributed by atoms with Gasteiger partial charge in [-0.2, -0.15) is 0 Å². The van der Waals surface area contributed by atoms with E-state index in [-0.39, 0.29) is 12.5 Å². The van der Waals surface area contributed by atoms with Crippen LogP contribution in [0.3, 0.4) is 0 Å². The van der Waals surface area contributed by atoms with Gasteiger partial charge < -0.3 is 14.6 Å². The summed E-state index contributed by atoms with van der Waals surface area (Å²) in [6.07, 6.45) is 0.800. The van der Waals surface area contributed by atoms with Crippen LogP contribution >= 0.6 is 0 Å². The van der Waals surface area contributed by atoms with Crippen LogP contribution in [0.2, 0.25) is 0 Å². The molecule has 0 aliphatic rings. The fourth-order valence-electron chi connectivity index (χ4n) is 2.37. The van der Waals surface area contributed by atoms with E-state index in [9.17, 15) is 5.11 Å². The molecule has 1 aromatic carbocycles. The molecule has 108 valence electrons. The number of methoxy groups -OCH3 is 2. The molecule has 3 heteroatoms. The normalized spacial score (nSPS) is 12.6. The van der Waals surface area contributed by atoms with Crippen LogP contribution in [0.5, 0.6) is 11.5 Å². The highest BCUT2D eigenvalue weighted by Crippen LogP contribution is 2.35. The van der Waals surface area contributed by atoms with E-state index in [0.717, 1.165) is 34.6 Å². The maximum atomic E-state index is 9.50. The summed E-state index contributed by atoms with van der Waals surface area (Å²) in [5.41, 5.74) is 3.32. The Bertz CT molecular complexity index is 424. The van der Waals surface area contributed by atoms with Crippen molar-refractivity contribution in [2.24, 2.45) is 11.8 Å². The summed E-state index contributed by atoms with van der Waals surface area (Å²) >= 11 is 0. The number of ether oxygens (including phenoxy) is 2. The lowest BCUT2D eigenvalue weighted by Gasteiger charge is -2.22. The predicted molar refractivity (Wildman–Crippen MR) is 78.1 cm³/mol. The van der Waals surface area contributed by atoms with Crippen LogP contribution in [-0.2, 0) is 6.42 Å². The Morgan fingerprint density at radius 2 is 1.74 bits per heavy atom. The number of aliphatic hydroxyl groups is 1. The molecule has 0 aromatic heterocycles. The summed E-state index contributed by atoms with van der Waals surface area (Å²) in [7, 11) is 3.38. The third-order valence-electron chi connectivity index (χ3n) is 3.95. The van der Waals surface area contributed by atoms with Gasteiger partial charge in [0, 0.05) is 6.61 Å². The molecule has 0 radical (unpaired) electrons. The second-order valence-corrected chi connectivity index (χ2v) is 5.41. The van der Waals surface area contributed by atoms with E-state index in [1.807, 2.05) is 19.9 Å². The van der Waals surface area contributed by atoms with Crippen LogP contribution in [0.25, 0.3) is 0 Å². The zero-order chi connectivity index (χ0) is 14.6. The molecule has 1 atom stereocenters. The van der Waals surface area contributed by atoms with Gasteiger partial charge in [-0.1, -0.05) is 13.8 Å². The van der Waals surface area contributed by atoms with E-state index in [0.29, 0.717) is 5.92 Å². The smallest absolute Gasteiger partial charge is 0.125 e. The number of hydrogen-bond acceptors (Lipinski definition) is 3. The van der Waals surface area contributed by atoms with E-state index >= 15 is 0 Å². The van der Waals surface area contributed by atoms with E-state index in [2.05, 4.69) is 13.8 Å². The van der Waals surface area contributed by atoms with Crippen molar-refractivity contribution in [2.45, 2.75) is 34.1 Å². The van der Waals surface area contributed by atoms with Crippen molar-refractivity contribution in [3.63, 3.8) is 0 Å². The van der Waals surface area contributed by atoms with Crippen molar-refractivity contribution in [1.29, 1.82) is 0 Å². The average Bonchev–Trinajstić information content (AvgIpc) is 2.39. The molecule has 0 saturated carbocycles. The second kappa shape index (κ2) is 6.80. The highest BCUT2D eigenvalue weighted by Gasteiger charge is 2.19. The summed E-state index contributed by atoms with van der Waals surface area (Å²) < 4.78 is 11.0. The Morgan fingerprint density at radius 3 is 2.16 bits per heavy atom. The first-order valence-electron chi connectivity index (χ1n) is 6.78. The van der Waals surface area contributed by atoms with Crippen molar-refractivity contribution >= 4 is 0 Å². The molecule has 1 N–H and O–H groups in total. The molecule has 0 amide bonds. The van der Waals surface area contributed by atoms with E-state index in [1.54, 1.807) is 14.2 Å². The first kappa shape index (κ1) is 15.8. The molecule has 0 saturated heterocycles. The Morgan fingerprint density at radius 1 is 1.11 bits per heavy atom. The minimum absolute atomic E-state index is 0.191. The van der Waals surface area contributed by atoms with Gasteiger partial charge in [-0.25, -0.2) is 0 Å². The van der Waals surface area contributed by atoms with Gasteiger partial charge in [0.15, 0.2) is 0 Å². The Labute approximate surface area is 116 Å². The molecule has 0 fully saturated rings. The minimum Gasteiger partial charge on any atom is -0.496 e. The van der Waals surface area contributed by atoms with Gasteiger partial charge in [-0.3, -0.25) is 0 Å². The van der Waals surface area contributed by atoms with Crippen LogP contribution in [0.15, 0.2) is 6.07 Å². The molecule has 1 aromatic rings. The van der Waals surface area contributed by atoms with Gasteiger partial charge in [0.2, 0.25) is 0 Å². The van der Waals surface area contributed by atoms with E-state index in [4.69, 9.17) is 9.47 Å². The van der Waals surface area contributed by atoms with Gasteiger partial charge in [0.05, 0.1) is 14.2 Å². The van der Waals surface area contributed by atoms with E-state index in [1.165, 1.54) is 0 Å². The molecular formula is C16H26O3. The number of rotatable bonds is 6. The van der Waals surface area contributed by atoms with E-state index < -0.39 is 0 Å². The van der Waals surface area contributed by atoms with Crippen LogP contribution in [0, 0.1) is 25.7 Å². The average molecular weight is 266 g/mol. The van der Waals surface area contributed by atoms with Gasteiger partial charge in [0.1, 0.15) is 11.5 Å². The van der Waals surface area contributed by atoms with Crippen molar-refractivity contribution < 1.29 is 14.6 Å². The molecular weight excluding hydrogens is 240 g/mol. The van der Waals surface area contributed by atoms with Crippen LogP contribution < -0.4 is 9.47 Å². The first-order chi connectivity index (χ1) is 8.96. The van der Waals surface area contributed by atoms with Crippen molar-refractivity contribution in [2.75, 3.05) is 20.8 Å². The Kier molecular flexibility index (Phi) is 5.67. The molecule has 0 aliphatic carbocycles. The van der Waals surface area contributed by atoms with Crippen LogP contribution in [-0.4, -0.2) is 25.9 Å². The predicted octanol–water partition coefficient (Wildman–Crippen LogP) is 3.13. The molecule has 1 rings (SSSR count). The lowest BCUT2D eigenvalue weighted by molar-refractivity contribution is 0.188. The van der Waals surface area contributed by atoms with Crippen molar-refractivity contribution in [1.82, 2.24) is 0 Å². The molecule has 0 heterocycles. The molecule has 0 spiro atoms. The fraction of sp³-hybridized carbons (Fsp3) is 0.625. The van der Waals surface area contributed by atoms with Gasteiger partial charge in [-0.15, -0.1) is 0 Å². The number of aliphatic hydroxyl groups excluding tert-OH is 1. The Balaban J connectivity index is 3.21. The Hall–Kier alpha value is -1.22. The SMILES string of the molecule is COc1cc(CC(CO)C(C)C)c(OC)c(C)c1C. The summed E-state index contributed by atoms with van der Waals surface area (Å²) in [5, 5.41) is 9.50. The fourth-order valence-corrected chi connectivity index (χ4v) is 2.37. The standard InChI is InChI=1S/C16H26O3/c1-10(2)14(9-17)7-13-8-15(18-5)11(3)12(4)16(13)19-6/h8,10,14,17H,7,9H2,1-6H3. The number of benzene rings is 1. The van der Waals surface area contributed by atoms with Gasteiger partial charge in [-0.05, 0) is 54.9 Å². The summed E-state index contributed by atoms with van der Waals surface area (Å²) in [6.45, 7) is 8.53. The number of hydrogen-bond donors (Lipinski definition) is 1. The van der Waals surface area contributed by atoms with Crippen LogP contribution in [0.1, 0.15) is 30.5 Å². The lowest BCUT2D eigenvalue weighted by atomic mass is 9.88. The van der Waals surface area contributed by atoms with Crippen molar-refractivity contribution in [3.8, 4) is 11.5 Å². The molecule has 3 nitrogen and oxygen atoms in total. The minimum atomic E-state index is 0.191. The highest BCUT2D eigenvalue weighted by atomic mass is 16.5. The highest BCUT2D eigenvalue weighted by molar-refractivity contribution is 5.52. The zero-order valence-corrected chi connectivity index (χ0v) is 12.9. The van der Waals surface area contributed by atoms with Gasteiger partial charge in [0.25, 0.3) is 0 Å². The molecule has 1 unspecified atom stereocenters. The van der Waals surface area contributed by atoms with Gasteiger partial charge >= 0.3 is 0 Å². The third-order valence-corrected chi connectivity index (χ3v) is 3.95. The zero-order valence-electron chi connectivity index (χ0n) is 12.9. The third kappa shape index (κ3) is 3.41. The topological polar surface area (TPSA) is 38.7 Å². The lowest BCUT2D eigenvalue weighted by Crippen LogP contribution is -2.17. The van der Waals surface area contributed by atoms with Crippen LogP contribution in [0.4, 0.5) is 0 Å². The maximum Gasteiger partial charge on any atom is 0.125 e. The molecule has 0 aliphatic heterocycles. The monoisotopic (exact) mass is 266 g/mol. The largest absolute Gasteiger partial charge is 0.496 e. The first-order valence-corrected chi connectivity index (χ1v) is 6.78. The van der Waals surface area contributed by atoms with Crippen molar-refractivity contribution in [3.05, 3.63) is 22.8 Å². The maximum absolute atomic E-state index is 9.50. The molecule has 0 bridgehead atoms. The molecule has 19 heavy (non-hydrogen) atoms. The second-order valence-electron chi connectivity index (χ2n) is 5.41. The summed E-state index contributed by atoms with van der Waals surface area (Å²) in [6, 6.07) is 2.03. The summed E-state index contributed by atoms with van der Waals surface area (Å²) in [4.78, 5) is 0.